The lowest BCUT2D eigenvalue weighted by molar-refractivity contribution is -0.137. The predicted octanol–water partition coefficient (Wildman–Crippen LogP) is 5.35. The molecule has 3 rings (SSSR count). The molecule has 0 unspecified atom stereocenters. The number of rotatable bonds is 7. The number of hydrogen-bond donors (Lipinski definition) is 1. The van der Waals surface area contributed by atoms with Crippen LogP contribution in [-0.4, -0.2) is 48.0 Å². The number of carboxylic acids is 1. The third-order valence-corrected chi connectivity index (χ3v) is 7.27. The Morgan fingerprint density at radius 1 is 1.28 bits per heavy atom. The second kappa shape index (κ2) is 9.99. The number of benzene rings is 1. The number of thiazole rings is 1. The number of aromatic nitrogens is 1. The topological polar surface area (TPSA) is 83.0 Å². The van der Waals surface area contributed by atoms with Gasteiger partial charge in [0.15, 0.2) is 5.13 Å². The van der Waals surface area contributed by atoms with Gasteiger partial charge < -0.3 is 9.84 Å². The average molecular weight is 490 g/mol. The molecule has 0 radical (unpaired) electrons. The zero-order valence-electron chi connectivity index (χ0n) is 17.4. The number of carboxylic acid groups (broad SMARTS) is 1. The fourth-order valence-corrected chi connectivity index (χ4v) is 5.13. The van der Waals surface area contributed by atoms with Crippen LogP contribution >= 0.6 is 23.1 Å². The summed E-state index contributed by atoms with van der Waals surface area (Å²) in [5.74, 6) is -1.10. The smallest absolute Gasteiger partial charge is 0.416 e. The number of hydrogen-bond acceptors (Lipinski definition) is 6. The van der Waals surface area contributed by atoms with Gasteiger partial charge in [-0.2, -0.15) is 13.2 Å². The Morgan fingerprint density at radius 3 is 2.56 bits per heavy atom. The Morgan fingerprint density at radius 2 is 1.97 bits per heavy atom. The summed E-state index contributed by atoms with van der Waals surface area (Å²) in [6.45, 7) is 0. The second-order valence-electron chi connectivity index (χ2n) is 7.21. The third-order valence-electron chi connectivity index (χ3n) is 5.01. The summed E-state index contributed by atoms with van der Waals surface area (Å²) >= 11 is 2.23. The summed E-state index contributed by atoms with van der Waals surface area (Å²) < 4.78 is 46.1. The Bertz CT molecular complexity index is 977. The van der Waals surface area contributed by atoms with Crippen LogP contribution in [0.15, 0.2) is 28.6 Å². The second-order valence-corrected chi connectivity index (χ2v) is 9.50. The van der Waals surface area contributed by atoms with Crippen molar-refractivity contribution in [2.24, 2.45) is 0 Å². The van der Waals surface area contributed by atoms with E-state index in [1.54, 1.807) is 0 Å². The maximum Gasteiger partial charge on any atom is 0.416 e. The van der Waals surface area contributed by atoms with E-state index in [0.717, 1.165) is 48.1 Å². The highest BCUT2D eigenvalue weighted by Crippen LogP contribution is 2.38. The lowest BCUT2D eigenvalue weighted by Crippen LogP contribution is -2.46. The van der Waals surface area contributed by atoms with Gasteiger partial charge in [-0.05, 0) is 25.0 Å². The normalized spacial score (nSPS) is 14.4. The Balaban J connectivity index is 1.94. The first-order valence-corrected chi connectivity index (χ1v) is 11.5. The van der Waals surface area contributed by atoms with Gasteiger partial charge in [0.05, 0.1) is 34.5 Å². The molecule has 0 atom stereocenters. The quantitative estimate of drug-likeness (QED) is 0.528. The zero-order valence-corrected chi connectivity index (χ0v) is 19.0. The Kier molecular flexibility index (Phi) is 7.55. The maximum atomic E-state index is 13.5. The molecule has 1 aliphatic carbocycles. The number of amides is 2. The van der Waals surface area contributed by atoms with E-state index in [1.807, 2.05) is 0 Å². The van der Waals surface area contributed by atoms with Gasteiger partial charge in [0.2, 0.25) is 0 Å². The Labute approximate surface area is 191 Å². The molecule has 174 valence electrons. The molecule has 0 saturated heterocycles. The summed E-state index contributed by atoms with van der Waals surface area (Å²) in [6, 6.07) is 2.52. The van der Waals surface area contributed by atoms with Gasteiger partial charge >= 0.3 is 18.2 Å². The lowest BCUT2D eigenvalue weighted by atomic mass is 10.1. The summed E-state index contributed by atoms with van der Waals surface area (Å²) in [4.78, 5) is 31.1. The average Bonchev–Trinajstić information content (AvgIpc) is 3.43. The minimum atomic E-state index is -4.59. The number of thioether (sulfide) groups is 1. The number of carbonyl (C=O) groups excluding carboxylic acids is 1. The van der Waals surface area contributed by atoms with E-state index < -0.39 is 23.7 Å². The predicted molar refractivity (Wildman–Crippen MR) is 117 cm³/mol. The van der Waals surface area contributed by atoms with Crippen molar-refractivity contribution in [1.29, 1.82) is 0 Å². The third kappa shape index (κ3) is 5.66. The number of ether oxygens (including phenoxy) is 1. The first-order valence-electron chi connectivity index (χ1n) is 9.73. The summed E-state index contributed by atoms with van der Waals surface area (Å²) in [5, 5.41) is 9.15. The molecule has 2 aromatic rings. The van der Waals surface area contributed by atoms with Crippen LogP contribution in [0.2, 0.25) is 0 Å². The van der Waals surface area contributed by atoms with Gasteiger partial charge in [-0.25, -0.2) is 9.78 Å². The van der Waals surface area contributed by atoms with Crippen molar-refractivity contribution >= 4 is 45.9 Å². The van der Waals surface area contributed by atoms with E-state index in [2.05, 4.69) is 4.98 Å². The van der Waals surface area contributed by atoms with Crippen molar-refractivity contribution in [3.05, 3.63) is 30.0 Å². The highest BCUT2D eigenvalue weighted by atomic mass is 32.2. The van der Waals surface area contributed by atoms with Crippen LogP contribution in [0, 0.1) is 0 Å². The van der Waals surface area contributed by atoms with Gasteiger partial charge in [-0.15, -0.1) is 11.8 Å². The van der Waals surface area contributed by atoms with Gasteiger partial charge in [-0.1, -0.05) is 24.2 Å². The molecule has 1 N–H and O–H groups in total. The van der Waals surface area contributed by atoms with E-state index >= 15 is 0 Å². The molecule has 1 heterocycles. The van der Waals surface area contributed by atoms with Crippen molar-refractivity contribution in [2.75, 3.05) is 29.7 Å². The molecular formula is C20H22F3N3O4S2. The molecule has 0 spiro atoms. The van der Waals surface area contributed by atoms with E-state index in [9.17, 15) is 22.8 Å². The van der Waals surface area contributed by atoms with Crippen LogP contribution in [0.4, 0.5) is 28.8 Å². The van der Waals surface area contributed by atoms with Gasteiger partial charge in [-0.3, -0.25) is 14.6 Å². The number of aliphatic carboxylic acids is 1. The number of anilines is 2. The summed E-state index contributed by atoms with van der Waals surface area (Å²) in [5.41, 5.74) is -0.788. The van der Waals surface area contributed by atoms with Crippen molar-refractivity contribution in [3.63, 3.8) is 0 Å². The largest absolute Gasteiger partial charge is 0.497 e. The fourth-order valence-electron chi connectivity index (χ4n) is 3.49. The van der Waals surface area contributed by atoms with Crippen LogP contribution in [-0.2, 0) is 11.0 Å². The van der Waals surface area contributed by atoms with Crippen LogP contribution in [0.25, 0.3) is 0 Å². The number of methoxy groups -OCH3 is 1. The van der Waals surface area contributed by atoms with Crippen LogP contribution < -0.4 is 14.5 Å². The molecule has 7 nitrogen and oxygen atoms in total. The van der Waals surface area contributed by atoms with E-state index in [4.69, 9.17) is 9.84 Å². The first-order chi connectivity index (χ1) is 15.1. The van der Waals surface area contributed by atoms with E-state index in [1.165, 1.54) is 36.2 Å². The standard InChI is InChI=1S/C20H22F3N3O4S2/c1-25(18-24-10-17(32-18)31-11-16(27)28)19(29)26(13-5-3-4-6-13)14-7-12(20(21,22)23)8-15(9-14)30-2/h7-10,13H,3-6,11H2,1-2H3,(H,27,28). The molecule has 1 fully saturated rings. The lowest BCUT2D eigenvalue weighted by Gasteiger charge is -2.32. The molecule has 1 aromatic carbocycles. The minimum absolute atomic E-state index is 0.00915. The van der Waals surface area contributed by atoms with E-state index in [-0.39, 0.29) is 23.2 Å². The van der Waals surface area contributed by atoms with Gasteiger partial charge in [0.1, 0.15) is 5.75 Å². The maximum absolute atomic E-state index is 13.5. The van der Waals surface area contributed by atoms with Crippen LogP contribution in [0.3, 0.4) is 0 Å². The number of urea groups is 1. The monoisotopic (exact) mass is 489 g/mol. The fraction of sp³-hybridized carbons (Fsp3) is 0.450. The van der Waals surface area contributed by atoms with Crippen molar-refractivity contribution in [1.82, 2.24) is 4.98 Å². The molecule has 1 aliphatic rings. The van der Waals surface area contributed by atoms with Crippen molar-refractivity contribution in [3.8, 4) is 5.75 Å². The van der Waals surface area contributed by atoms with Gasteiger partial charge in [0.25, 0.3) is 0 Å². The zero-order chi connectivity index (χ0) is 23.5. The molecule has 1 aromatic heterocycles. The Hall–Kier alpha value is -2.47. The molecule has 0 bridgehead atoms. The highest BCUT2D eigenvalue weighted by Gasteiger charge is 2.36. The molecule has 2 amide bonds. The molecule has 32 heavy (non-hydrogen) atoms. The molecule has 0 aliphatic heterocycles. The summed E-state index contributed by atoms with van der Waals surface area (Å²) in [6.07, 6.45) is -0.00975. The number of nitrogens with zero attached hydrogens (tertiary/aromatic N) is 3. The highest BCUT2D eigenvalue weighted by molar-refractivity contribution is 8.01. The number of carbonyl (C=O) groups is 2. The molecular weight excluding hydrogens is 467 g/mol. The SMILES string of the molecule is COc1cc(N(C(=O)N(C)c2ncc(SCC(=O)O)s2)C2CCCC2)cc(C(F)(F)F)c1. The van der Waals surface area contributed by atoms with Gasteiger partial charge in [0, 0.05) is 19.2 Å². The van der Waals surface area contributed by atoms with Crippen molar-refractivity contribution in [2.45, 2.75) is 42.1 Å². The van der Waals surface area contributed by atoms with Crippen molar-refractivity contribution < 1.29 is 32.6 Å². The molecule has 1 saturated carbocycles. The van der Waals surface area contributed by atoms with E-state index in [0.29, 0.717) is 22.2 Å². The minimum Gasteiger partial charge on any atom is -0.497 e. The van der Waals surface area contributed by atoms with Crippen LogP contribution in [0.1, 0.15) is 31.2 Å². The number of halogens is 3. The molecule has 12 heteroatoms. The number of alkyl halides is 3. The first kappa shape index (κ1) is 24.2. The summed E-state index contributed by atoms with van der Waals surface area (Å²) in [7, 11) is 2.78. The van der Waals surface area contributed by atoms with Crippen LogP contribution in [0.5, 0.6) is 5.75 Å².